The van der Waals surface area contributed by atoms with Crippen molar-refractivity contribution in [3.8, 4) is 0 Å². The van der Waals surface area contributed by atoms with Gasteiger partial charge in [0, 0.05) is 26.2 Å². The van der Waals surface area contributed by atoms with E-state index in [1.165, 1.54) is 0 Å². The Morgan fingerprint density at radius 1 is 1.53 bits per heavy atom. The fourth-order valence-electron chi connectivity index (χ4n) is 1.64. The van der Waals surface area contributed by atoms with Crippen LogP contribution in [0.2, 0.25) is 0 Å². The highest BCUT2D eigenvalue weighted by atomic mass is 16.6. The smallest absolute Gasteiger partial charge is 0.410 e. The molecule has 1 saturated heterocycles. The van der Waals surface area contributed by atoms with Crippen molar-refractivity contribution in [1.82, 2.24) is 10.2 Å². The molecular formula is C11H22N4O2. The second-order valence-electron chi connectivity index (χ2n) is 5.17. The first-order chi connectivity index (χ1) is 7.81. The van der Waals surface area contributed by atoms with Crippen LogP contribution in [0.5, 0.6) is 0 Å². The summed E-state index contributed by atoms with van der Waals surface area (Å²) < 4.78 is 5.30. The second kappa shape index (κ2) is 5.25. The molecule has 0 unspecified atom stereocenters. The number of amides is 1. The van der Waals surface area contributed by atoms with E-state index in [-0.39, 0.29) is 12.1 Å². The van der Waals surface area contributed by atoms with Gasteiger partial charge in [-0.25, -0.2) is 4.79 Å². The van der Waals surface area contributed by atoms with Gasteiger partial charge in [0.1, 0.15) is 5.60 Å². The molecule has 1 aliphatic heterocycles. The number of nitrogens with zero attached hydrogens (tertiary/aromatic N) is 2. The molecule has 0 bridgehead atoms. The topological polar surface area (TPSA) is 80.0 Å². The number of hydrogen-bond donors (Lipinski definition) is 2. The largest absolute Gasteiger partial charge is 0.444 e. The van der Waals surface area contributed by atoms with Gasteiger partial charge in [-0.3, -0.25) is 4.99 Å². The van der Waals surface area contributed by atoms with Gasteiger partial charge in [-0.1, -0.05) is 0 Å². The highest BCUT2D eigenvalue weighted by molar-refractivity contribution is 5.78. The van der Waals surface area contributed by atoms with Crippen molar-refractivity contribution in [3.05, 3.63) is 0 Å². The van der Waals surface area contributed by atoms with Crippen molar-refractivity contribution in [3.63, 3.8) is 0 Å². The van der Waals surface area contributed by atoms with E-state index < -0.39 is 5.60 Å². The fraction of sp³-hybridized carbons (Fsp3) is 0.818. The molecule has 6 nitrogen and oxygen atoms in total. The molecule has 1 atom stereocenters. The number of nitrogens with two attached hydrogens (primary N) is 1. The Hall–Kier alpha value is -1.46. The lowest BCUT2D eigenvalue weighted by atomic mass is 10.2. The summed E-state index contributed by atoms with van der Waals surface area (Å²) >= 11 is 0. The SMILES string of the molecule is CN=C(N)N[C@@H]1CCN(C(=O)OC(C)(C)C)C1. The number of nitrogens with one attached hydrogen (secondary N) is 1. The van der Waals surface area contributed by atoms with Gasteiger partial charge in [-0.2, -0.15) is 0 Å². The third kappa shape index (κ3) is 4.50. The summed E-state index contributed by atoms with van der Waals surface area (Å²) in [5.74, 6) is 0.404. The van der Waals surface area contributed by atoms with Crippen LogP contribution in [0.3, 0.4) is 0 Å². The zero-order valence-electron chi connectivity index (χ0n) is 11.0. The lowest BCUT2D eigenvalue weighted by molar-refractivity contribution is 0.0292. The van der Waals surface area contributed by atoms with Crippen LogP contribution in [0.1, 0.15) is 27.2 Å². The zero-order chi connectivity index (χ0) is 13.1. The normalized spacial score (nSPS) is 21.5. The van der Waals surface area contributed by atoms with Crippen LogP contribution in [0, 0.1) is 0 Å². The molecule has 3 N–H and O–H groups in total. The molecule has 1 fully saturated rings. The van der Waals surface area contributed by atoms with Crippen LogP contribution in [0.4, 0.5) is 4.79 Å². The minimum Gasteiger partial charge on any atom is -0.444 e. The Bertz CT molecular complexity index is 309. The van der Waals surface area contributed by atoms with E-state index in [1.807, 2.05) is 20.8 Å². The number of likely N-dealkylation sites (tertiary alicyclic amines) is 1. The summed E-state index contributed by atoms with van der Waals surface area (Å²) in [4.78, 5) is 17.3. The summed E-state index contributed by atoms with van der Waals surface area (Å²) in [7, 11) is 1.63. The Morgan fingerprint density at radius 3 is 2.71 bits per heavy atom. The summed E-state index contributed by atoms with van der Waals surface area (Å²) in [6.07, 6.45) is 0.587. The zero-order valence-corrected chi connectivity index (χ0v) is 11.0. The first-order valence-corrected chi connectivity index (χ1v) is 5.78. The molecule has 0 spiro atoms. The second-order valence-corrected chi connectivity index (χ2v) is 5.17. The lowest BCUT2D eigenvalue weighted by Crippen LogP contribution is -2.43. The van der Waals surface area contributed by atoms with E-state index in [2.05, 4.69) is 10.3 Å². The number of carbonyl (C=O) groups excluding carboxylic acids is 1. The van der Waals surface area contributed by atoms with Gasteiger partial charge in [0.25, 0.3) is 0 Å². The number of aliphatic imine (C=N–C) groups is 1. The first-order valence-electron chi connectivity index (χ1n) is 5.78. The van der Waals surface area contributed by atoms with E-state index in [0.717, 1.165) is 6.42 Å². The fourth-order valence-corrected chi connectivity index (χ4v) is 1.64. The quantitative estimate of drug-likeness (QED) is 0.519. The Morgan fingerprint density at radius 2 is 2.18 bits per heavy atom. The summed E-state index contributed by atoms with van der Waals surface area (Å²) in [5.41, 5.74) is 5.13. The van der Waals surface area contributed by atoms with Gasteiger partial charge in [-0.15, -0.1) is 0 Å². The van der Waals surface area contributed by atoms with Crippen LogP contribution in [0.15, 0.2) is 4.99 Å². The molecule has 17 heavy (non-hydrogen) atoms. The third-order valence-corrected chi connectivity index (χ3v) is 2.43. The molecule has 0 saturated carbocycles. The van der Waals surface area contributed by atoms with Gasteiger partial charge in [0.05, 0.1) is 0 Å². The van der Waals surface area contributed by atoms with E-state index in [4.69, 9.17) is 10.5 Å². The standard InChI is InChI=1S/C11H22N4O2/c1-11(2,3)17-10(16)15-6-5-8(7-15)14-9(12)13-4/h8H,5-7H2,1-4H3,(H3,12,13,14)/t8-/m1/s1. The van der Waals surface area contributed by atoms with Crippen LogP contribution >= 0.6 is 0 Å². The van der Waals surface area contributed by atoms with Crippen molar-refractivity contribution in [1.29, 1.82) is 0 Å². The Labute approximate surface area is 102 Å². The molecule has 6 heteroatoms. The van der Waals surface area contributed by atoms with Crippen molar-refractivity contribution < 1.29 is 9.53 Å². The van der Waals surface area contributed by atoms with Gasteiger partial charge in [0.2, 0.25) is 0 Å². The minimum atomic E-state index is -0.452. The molecule has 0 aromatic rings. The van der Waals surface area contributed by atoms with Crippen LogP contribution in [0.25, 0.3) is 0 Å². The maximum atomic E-state index is 11.8. The molecule has 98 valence electrons. The maximum absolute atomic E-state index is 11.8. The van der Waals surface area contributed by atoms with Gasteiger partial charge in [0.15, 0.2) is 5.96 Å². The Kier molecular flexibility index (Phi) is 4.20. The average molecular weight is 242 g/mol. The highest BCUT2D eigenvalue weighted by Crippen LogP contribution is 2.15. The third-order valence-electron chi connectivity index (χ3n) is 2.43. The van der Waals surface area contributed by atoms with Crippen molar-refractivity contribution in [2.24, 2.45) is 10.7 Å². The maximum Gasteiger partial charge on any atom is 0.410 e. The molecule has 0 aromatic heterocycles. The predicted octanol–water partition coefficient (Wildman–Crippen LogP) is 0.530. The minimum absolute atomic E-state index is 0.159. The van der Waals surface area contributed by atoms with Gasteiger partial charge in [-0.05, 0) is 27.2 Å². The molecule has 0 radical (unpaired) electrons. The number of rotatable bonds is 1. The molecule has 1 rings (SSSR count). The number of hydrogen-bond acceptors (Lipinski definition) is 3. The molecule has 0 aromatic carbocycles. The molecule has 1 aliphatic rings. The lowest BCUT2D eigenvalue weighted by Gasteiger charge is -2.24. The molecular weight excluding hydrogens is 220 g/mol. The molecule has 1 amide bonds. The van der Waals surface area contributed by atoms with Gasteiger partial charge >= 0.3 is 6.09 Å². The Balaban J connectivity index is 2.42. The molecule has 0 aliphatic carbocycles. The highest BCUT2D eigenvalue weighted by Gasteiger charge is 2.29. The van der Waals surface area contributed by atoms with Gasteiger partial charge < -0.3 is 20.7 Å². The van der Waals surface area contributed by atoms with E-state index in [9.17, 15) is 4.79 Å². The summed E-state index contributed by atoms with van der Waals surface area (Å²) in [6.45, 7) is 6.87. The van der Waals surface area contributed by atoms with E-state index in [0.29, 0.717) is 19.0 Å². The monoisotopic (exact) mass is 242 g/mol. The van der Waals surface area contributed by atoms with Crippen molar-refractivity contribution >= 4 is 12.1 Å². The number of ether oxygens (including phenoxy) is 1. The van der Waals surface area contributed by atoms with Crippen LogP contribution in [-0.2, 0) is 4.74 Å². The van der Waals surface area contributed by atoms with E-state index >= 15 is 0 Å². The summed E-state index contributed by atoms with van der Waals surface area (Å²) in [6, 6.07) is 0.159. The first kappa shape index (κ1) is 13.6. The molecule has 1 heterocycles. The average Bonchev–Trinajstić information content (AvgIpc) is 2.63. The van der Waals surface area contributed by atoms with Crippen LogP contribution < -0.4 is 11.1 Å². The number of carbonyl (C=O) groups is 1. The van der Waals surface area contributed by atoms with Crippen LogP contribution in [-0.4, -0.2) is 48.7 Å². The number of guanidine groups is 1. The van der Waals surface area contributed by atoms with Crippen molar-refractivity contribution in [2.45, 2.75) is 38.8 Å². The van der Waals surface area contributed by atoms with E-state index in [1.54, 1.807) is 11.9 Å². The predicted molar refractivity (Wildman–Crippen MR) is 66.9 cm³/mol. The van der Waals surface area contributed by atoms with Crippen molar-refractivity contribution in [2.75, 3.05) is 20.1 Å². The summed E-state index contributed by atoms with van der Waals surface area (Å²) in [5, 5.41) is 3.05.